The third-order valence-corrected chi connectivity index (χ3v) is 4.65. The molecule has 0 bridgehead atoms. The van der Waals surface area contributed by atoms with Gasteiger partial charge in [-0.05, 0) is 36.4 Å². The number of halogens is 1. The summed E-state index contributed by atoms with van der Waals surface area (Å²) in [6, 6.07) is 9.36. The first-order valence-corrected chi connectivity index (χ1v) is 9.10. The number of carbonyl (C=O) groups excluding carboxylic acids is 2. The van der Waals surface area contributed by atoms with Gasteiger partial charge in [0.05, 0.1) is 12.8 Å². The number of rotatable bonds is 7. The van der Waals surface area contributed by atoms with Crippen molar-refractivity contribution in [1.82, 2.24) is 5.32 Å². The molecule has 1 saturated heterocycles. The number of piperazine rings is 1. The number of hydrogen-bond acceptors (Lipinski definition) is 3. The number of hydrogen-bond donors (Lipinski definition) is 4. The Balaban J connectivity index is 1.34. The lowest BCUT2D eigenvalue weighted by Gasteiger charge is -2.28. The van der Waals surface area contributed by atoms with E-state index >= 15 is 0 Å². The van der Waals surface area contributed by atoms with E-state index in [2.05, 4.69) is 10.6 Å². The Labute approximate surface area is 157 Å². The lowest BCUT2D eigenvalue weighted by Crippen LogP contribution is -3.28. The molecule has 1 aliphatic heterocycles. The zero-order valence-corrected chi connectivity index (χ0v) is 15.1. The van der Waals surface area contributed by atoms with Crippen molar-refractivity contribution in [2.75, 3.05) is 44.6 Å². The number of carbonyl (C=O) groups is 2. The number of anilines is 1. The molecule has 144 valence electrons. The van der Waals surface area contributed by atoms with Crippen LogP contribution in [0.2, 0.25) is 0 Å². The van der Waals surface area contributed by atoms with Crippen molar-refractivity contribution >= 4 is 17.5 Å². The van der Waals surface area contributed by atoms with Crippen LogP contribution in [0, 0.1) is 5.82 Å². The Morgan fingerprint density at radius 2 is 1.59 bits per heavy atom. The quantitative estimate of drug-likeness (QED) is 0.473. The number of amides is 2. The van der Waals surface area contributed by atoms with E-state index in [1.807, 2.05) is 6.07 Å². The molecule has 27 heavy (non-hydrogen) atoms. The van der Waals surface area contributed by atoms with Crippen molar-refractivity contribution in [2.45, 2.75) is 6.54 Å². The van der Waals surface area contributed by atoms with Crippen molar-refractivity contribution in [3.8, 4) is 0 Å². The Morgan fingerprint density at radius 1 is 0.963 bits per heavy atom. The summed E-state index contributed by atoms with van der Waals surface area (Å²) in [4.78, 5) is 26.5. The number of benzene rings is 1. The molecule has 8 heteroatoms. The Morgan fingerprint density at radius 3 is 2.19 bits per heavy atom. The summed E-state index contributed by atoms with van der Waals surface area (Å²) in [5, 5.41) is 5.64. The number of furan rings is 1. The maximum Gasteiger partial charge on any atom is 0.279 e. The average molecular weight is 376 g/mol. The second-order valence-corrected chi connectivity index (χ2v) is 6.76. The maximum absolute atomic E-state index is 12.9. The van der Waals surface area contributed by atoms with Crippen molar-refractivity contribution < 1.29 is 28.2 Å². The molecule has 0 atom stereocenters. The molecule has 1 aromatic heterocycles. The van der Waals surface area contributed by atoms with Crippen LogP contribution in [-0.4, -0.2) is 51.1 Å². The second kappa shape index (κ2) is 9.29. The minimum Gasteiger partial charge on any atom is -0.467 e. The zero-order chi connectivity index (χ0) is 19.1. The van der Waals surface area contributed by atoms with E-state index in [0.717, 1.165) is 31.9 Å². The van der Waals surface area contributed by atoms with Crippen LogP contribution in [0.4, 0.5) is 10.1 Å². The zero-order valence-electron chi connectivity index (χ0n) is 15.1. The predicted molar refractivity (Wildman–Crippen MR) is 96.7 cm³/mol. The number of quaternary nitrogens is 2. The summed E-state index contributed by atoms with van der Waals surface area (Å²) >= 11 is 0. The van der Waals surface area contributed by atoms with E-state index in [0.29, 0.717) is 25.3 Å². The molecule has 2 heterocycles. The minimum atomic E-state index is -0.328. The first-order valence-electron chi connectivity index (χ1n) is 9.10. The summed E-state index contributed by atoms with van der Waals surface area (Å²) in [6.07, 6.45) is 1.58. The Bertz CT molecular complexity index is 741. The average Bonchev–Trinajstić information content (AvgIpc) is 3.17. The molecule has 0 aliphatic carbocycles. The fourth-order valence-corrected chi connectivity index (χ4v) is 3.16. The van der Waals surface area contributed by atoms with Gasteiger partial charge >= 0.3 is 0 Å². The van der Waals surface area contributed by atoms with Gasteiger partial charge in [-0.2, -0.15) is 0 Å². The van der Waals surface area contributed by atoms with Crippen LogP contribution < -0.4 is 20.4 Å². The summed E-state index contributed by atoms with van der Waals surface area (Å²) in [6.45, 7) is 4.54. The smallest absolute Gasteiger partial charge is 0.279 e. The van der Waals surface area contributed by atoms with Crippen LogP contribution in [0.1, 0.15) is 5.76 Å². The molecule has 7 nitrogen and oxygen atoms in total. The van der Waals surface area contributed by atoms with Gasteiger partial charge in [-0.25, -0.2) is 4.39 Å². The van der Waals surface area contributed by atoms with Crippen molar-refractivity contribution in [3.05, 3.63) is 54.2 Å². The largest absolute Gasteiger partial charge is 0.467 e. The van der Waals surface area contributed by atoms with Gasteiger partial charge in [-0.1, -0.05) is 0 Å². The van der Waals surface area contributed by atoms with Gasteiger partial charge in [0.25, 0.3) is 11.8 Å². The van der Waals surface area contributed by atoms with Gasteiger partial charge in [0.1, 0.15) is 37.8 Å². The molecule has 1 aromatic carbocycles. The predicted octanol–water partition coefficient (Wildman–Crippen LogP) is -1.54. The lowest BCUT2D eigenvalue weighted by atomic mass is 10.3. The number of nitrogens with one attached hydrogen (secondary N) is 4. The van der Waals surface area contributed by atoms with Gasteiger partial charge < -0.3 is 24.9 Å². The fraction of sp³-hybridized carbons (Fsp3) is 0.368. The molecule has 1 fully saturated rings. The topological polar surface area (TPSA) is 80.2 Å². The molecule has 4 N–H and O–H groups in total. The van der Waals surface area contributed by atoms with Gasteiger partial charge in [-0.15, -0.1) is 0 Å². The third kappa shape index (κ3) is 6.19. The highest BCUT2D eigenvalue weighted by Crippen LogP contribution is 2.07. The van der Waals surface area contributed by atoms with E-state index in [-0.39, 0.29) is 17.6 Å². The summed E-state index contributed by atoms with van der Waals surface area (Å²) in [7, 11) is 0. The molecule has 2 amide bonds. The molecule has 3 rings (SSSR count). The van der Waals surface area contributed by atoms with Crippen molar-refractivity contribution in [1.29, 1.82) is 0 Å². The van der Waals surface area contributed by atoms with Gasteiger partial charge in [0.2, 0.25) is 0 Å². The third-order valence-electron chi connectivity index (χ3n) is 4.65. The summed E-state index contributed by atoms with van der Waals surface area (Å²) in [5.74, 6) is 0.320. The molecule has 1 aliphatic rings. The first kappa shape index (κ1) is 19.1. The highest BCUT2D eigenvalue weighted by Gasteiger charge is 2.26. The van der Waals surface area contributed by atoms with Crippen LogP contribution in [0.5, 0.6) is 0 Å². The summed E-state index contributed by atoms with van der Waals surface area (Å²) in [5.41, 5.74) is 0.596. The molecule has 0 unspecified atom stereocenters. The van der Waals surface area contributed by atoms with Crippen LogP contribution in [-0.2, 0) is 16.1 Å². The molecular formula is C19H25FN4O3+2. The lowest BCUT2D eigenvalue weighted by molar-refractivity contribution is -1.00. The second-order valence-electron chi connectivity index (χ2n) is 6.76. The minimum absolute atomic E-state index is 0.00102. The van der Waals surface area contributed by atoms with E-state index in [1.165, 1.54) is 21.9 Å². The standard InChI is InChI=1S/C19H23FN4O3/c20-15-3-5-16(6-4-15)22-19(26)14-24-9-7-23(8-10-24)13-18(25)21-12-17-2-1-11-27-17/h1-6,11H,7-10,12-14H2,(H,21,25)(H,22,26)/p+2. The summed E-state index contributed by atoms with van der Waals surface area (Å²) < 4.78 is 18.1. The highest BCUT2D eigenvalue weighted by atomic mass is 19.1. The Hall–Kier alpha value is -2.71. The van der Waals surface area contributed by atoms with E-state index in [1.54, 1.807) is 24.5 Å². The maximum atomic E-state index is 12.9. The van der Waals surface area contributed by atoms with Crippen LogP contribution >= 0.6 is 0 Å². The van der Waals surface area contributed by atoms with E-state index in [4.69, 9.17) is 4.42 Å². The Kier molecular flexibility index (Phi) is 6.56. The fourth-order valence-electron chi connectivity index (χ4n) is 3.16. The normalized spacial score (nSPS) is 19.4. The van der Waals surface area contributed by atoms with Crippen LogP contribution in [0.3, 0.4) is 0 Å². The van der Waals surface area contributed by atoms with Crippen molar-refractivity contribution in [2.24, 2.45) is 0 Å². The SMILES string of the molecule is O=C(C[NH+]1CC[NH+](CC(=O)Nc2ccc(F)cc2)CC1)NCc1ccco1. The molecule has 0 spiro atoms. The van der Waals surface area contributed by atoms with E-state index in [9.17, 15) is 14.0 Å². The first-order chi connectivity index (χ1) is 13.1. The van der Waals surface area contributed by atoms with Gasteiger partial charge in [0, 0.05) is 5.69 Å². The van der Waals surface area contributed by atoms with Crippen LogP contribution in [0.25, 0.3) is 0 Å². The van der Waals surface area contributed by atoms with Crippen LogP contribution in [0.15, 0.2) is 47.1 Å². The van der Waals surface area contributed by atoms with Gasteiger partial charge in [0.15, 0.2) is 13.1 Å². The van der Waals surface area contributed by atoms with Crippen molar-refractivity contribution in [3.63, 3.8) is 0 Å². The molecular weight excluding hydrogens is 351 g/mol. The highest BCUT2D eigenvalue weighted by molar-refractivity contribution is 5.91. The van der Waals surface area contributed by atoms with Gasteiger partial charge in [-0.3, -0.25) is 9.59 Å². The molecule has 2 aromatic rings. The van der Waals surface area contributed by atoms with E-state index < -0.39 is 0 Å². The molecule has 0 radical (unpaired) electrons. The molecule has 0 saturated carbocycles. The monoisotopic (exact) mass is 376 g/mol.